The zero-order chi connectivity index (χ0) is 21.3. The van der Waals surface area contributed by atoms with Crippen molar-refractivity contribution < 1.29 is 19.4 Å². The van der Waals surface area contributed by atoms with Gasteiger partial charge in [0.05, 0.1) is 25.1 Å². The molecule has 0 bridgehead atoms. The second kappa shape index (κ2) is 8.19. The van der Waals surface area contributed by atoms with Crippen LogP contribution in [-0.4, -0.2) is 23.6 Å². The molecule has 0 fully saturated rings. The van der Waals surface area contributed by atoms with E-state index in [0.717, 1.165) is 34.9 Å². The summed E-state index contributed by atoms with van der Waals surface area (Å²) in [6.45, 7) is 5.06. The molecule has 0 spiro atoms. The minimum atomic E-state index is -0.871. The van der Waals surface area contributed by atoms with E-state index in [4.69, 9.17) is 9.84 Å². The SMILES string of the molecule is CCCc1c2c(c(OCC)c3ccccc13)C(=O)N(c1ccc(CC(=O)O)cc1)C2. The fourth-order valence-corrected chi connectivity index (χ4v) is 4.30. The number of carboxylic acids is 1. The zero-order valence-corrected chi connectivity index (χ0v) is 17.3. The Kier molecular flexibility index (Phi) is 5.44. The zero-order valence-electron chi connectivity index (χ0n) is 17.3. The van der Waals surface area contributed by atoms with E-state index in [1.165, 1.54) is 5.56 Å². The number of benzene rings is 3. The highest BCUT2D eigenvalue weighted by Crippen LogP contribution is 2.42. The summed E-state index contributed by atoms with van der Waals surface area (Å²) in [6, 6.07) is 15.3. The predicted octanol–water partition coefficient (Wildman–Crippen LogP) is 4.98. The smallest absolute Gasteiger partial charge is 0.307 e. The van der Waals surface area contributed by atoms with Gasteiger partial charge in [-0.05, 0) is 47.6 Å². The van der Waals surface area contributed by atoms with Crippen molar-refractivity contribution in [2.75, 3.05) is 11.5 Å². The topological polar surface area (TPSA) is 66.8 Å². The molecule has 1 amide bonds. The first-order chi connectivity index (χ1) is 14.5. The van der Waals surface area contributed by atoms with Crippen LogP contribution in [0.5, 0.6) is 5.75 Å². The third kappa shape index (κ3) is 3.41. The van der Waals surface area contributed by atoms with Crippen molar-refractivity contribution in [3.05, 3.63) is 70.8 Å². The third-order valence-corrected chi connectivity index (χ3v) is 5.56. The number of anilines is 1. The Morgan fingerprint density at radius 3 is 2.40 bits per heavy atom. The lowest BCUT2D eigenvalue weighted by Gasteiger charge is -2.16. The van der Waals surface area contributed by atoms with Crippen LogP contribution in [0.15, 0.2) is 48.5 Å². The number of hydrogen-bond acceptors (Lipinski definition) is 3. The standard InChI is InChI=1S/C25H25NO4/c1-3-7-18-19-8-5-6-9-20(19)24(30-4-2)23-21(18)15-26(25(23)29)17-12-10-16(11-13-17)14-22(27)28/h5-6,8-13H,3-4,7,14-15H2,1-2H3,(H,27,28). The molecule has 0 saturated carbocycles. The first-order valence-corrected chi connectivity index (χ1v) is 10.4. The van der Waals surface area contributed by atoms with Crippen molar-refractivity contribution in [3.8, 4) is 5.75 Å². The lowest BCUT2D eigenvalue weighted by atomic mass is 9.91. The van der Waals surface area contributed by atoms with Gasteiger partial charge in [0, 0.05) is 11.1 Å². The Morgan fingerprint density at radius 2 is 1.77 bits per heavy atom. The molecule has 1 aliphatic rings. The molecule has 4 rings (SSSR count). The van der Waals surface area contributed by atoms with Crippen molar-refractivity contribution in [1.29, 1.82) is 0 Å². The summed E-state index contributed by atoms with van der Waals surface area (Å²) in [5.41, 5.74) is 4.39. The van der Waals surface area contributed by atoms with E-state index in [2.05, 4.69) is 13.0 Å². The Labute approximate surface area is 175 Å². The Hall–Kier alpha value is -3.34. The number of aryl methyl sites for hydroxylation is 1. The number of amides is 1. The van der Waals surface area contributed by atoms with Crippen LogP contribution in [0.3, 0.4) is 0 Å². The number of rotatable bonds is 7. The van der Waals surface area contributed by atoms with Gasteiger partial charge in [-0.15, -0.1) is 0 Å². The number of carboxylic acid groups (broad SMARTS) is 1. The molecule has 0 aromatic heterocycles. The van der Waals surface area contributed by atoms with E-state index in [9.17, 15) is 9.59 Å². The normalized spacial score (nSPS) is 13.0. The monoisotopic (exact) mass is 403 g/mol. The second-order valence-electron chi connectivity index (χ2n) is 7.52. The first-order valence-electron chi connectivity index (χ1n) is 10.4. The molecule has 1 aliphatic heterocycles. The summed E-state index contributed by atoms with van der Waals surface area (Å²) >= 11 is 0. The third-order valence-electron chi connectivity index (χ3n) is 5.56. The molecule has 1 N–H and O–H groups in total. The van der Waals surface area contributed by atoms with E-state index in [-0.39, 0.29) is 12.3 Å². The molecular weight excluding hydrogens is 378 g/mol. The highest BCUT2D eigenvalue weighted by molar-refractivity contribution is 6.16. The van der Waals surface area contributed by atoms with Crippen molar-refractivity contribution in [3.63, 3.8) is 0 Å². The van der Waals surface area contributed by atoms with Gasteiger partial charge < -0.3 is 14.7 Å². The van der Waals surface area contributed by atoms with Crippen molar-refractivity contribution >= 4 is 28.3 Å². The molecule has 5 heteroatoms. The van der Waals surface area contributed by atoms with Gasteiger partial charge in [0.1, 0.15) is 5.75 Å². The second-order valence-corrected chi connectivity index (χ2v) is 7.52. The largest absolute Gasteiger partial charge is 0.492 e. The number of hydrogen-bond donors (Lipinski definition) is 1. The highest BCUT2D eigenvalue weighted by Gasteiger charge is 2.35. The minimum Gasteiger partial charge on any atom is -0.492 e. The molecule has 1 heterocycles. The molecule has 0 unspecified atom stereocenters. The minimum absolute atomic E-state index is 0.0328. The van der Waals surface area contributed by atoms with Crippen LogP contribution >= 0.6 is 0 Å². The fraction of sp³-hybridized carbons (Fsp3) is 0.280. The lowest BCUT2D eigenvalue weighted by Crippen LogP contribution is -2.23. The van der Waals surface area contributed by atoms with E-state index in [0.29, 0.717) is 30.0 Å². The highest BCUT2D eigenvalue weighted by atomic mass is 16.5. The van der Waals surface area contributed by atoms with Gasteiger partial charge in [-0.2, -0.15) is 0 Å². The summed E-state index contributed by atoms with van der Waals surface area (Å²) in [6.07, 6.45) is 1.85. The number of fused-ring (bicyclic) bond motifs is 2. The van der Waals surface area contributed by atoms with Gasteiger partial charge in [0.25, 0.3) is 5.91 Å². The predicted molar refractivity (Wildman–Crippen MR) is 117 cm³/mol. The Morgan fingerprint density at radius 1 is 1.07 bits per heavy atom. The summed E-state index contributed by atoms with van der Waals surface area (Å²) < 4.78 is 6.00. The first kappa shape index (κ1) is 20.0. The maximum absolute atomic E-state index is 13.5. The van der Waals surface area contributed by atoms with E-state index in [1.807, 2.05) is 37.3 Å². The Balaban J connectivity index is 1.83. The van der Waals surface area contributed by atoms with Crippen LogP contribution in [0.1, 0.15) is 47.3 Å². The molecule has 154 valence electrons. The van der Waals surface area contributed by atoms with Gasteiger partial charge in [-0.25, -0.2) is 0 Å². The summed E-state index contributed by atoms with van der Waals surface area (Å²) in [7, 11) is 0. The van der Waals surface area contributed by atoms with Gasteiger partial charge >= 0.3 is 5.97 Å². The number of ether oxygens (including phenoxy) is 1. The van der Waals surface area contributed by atoms with E-state index in [1.54, 1.807) is 17.0 Å². The number of carbonyl (C=O) groups excluding carboxylic acids is 1. The molecule has 0 aliphatic carbocycles. The van der Waals surface area contributed by atoms with Gasteiger partial charge in [0.2, 0.25) is 0 Å². The van der Waals surface area contributed by atoms with E-state index >= 15 is 0 Å². The maximum Gasteiger partial charge on any atom is 0.307 e. The molecule has 0 saturated heterocycles. The molecule has 5 nitrogen and oxygen atoms in total. The molecule has 3 aromatic rings. The van der Waals surface area contributed by atoms with Crippen LogP contribution in [0, 0.1) is 0 Å². The number of aliphatic carboxylic acids is 1. The lowest BCUT2D eigenvalue weighted by molar-refractivity contribution is -0.136. The molecular formula is C25H25NO4. The van der Waals surface area contributed by atoms with Crippen LogP contribution in [0.4, 0.5) is 5.69 Å². The van der Waals surface area contributed by atoms with Crippen LogP contribution in [0.2, 0.25) is 0 Å². The average molecular weight is 403 g/mol. The summed E-state index contributed by atoms with van der Waals surface area (Å²) in [5.74, 6) is -0.273. The summed E-state index contributed by atoms with van der Waals surface area (Å²) in [5, 5.41) is 11.1. The Bertz CT molecular complexity index is 1120. The van der Waals surface area contributed by atoms with Crippen LogP contribution in [0.25, 0.3) is 10.8 Å². The number of nitrogens with zero attached hydrogens (tertiary/aromatic N) is 1. The average Bonchev–Trinajstić information content (AvgIpc) is 3.08. The maximum atomic E-state index is 13.5. The van der Waals surface area contributed by atoms with Crippen molar-refractivity contribution in [2.24, 2.45) is 0 Å². The quantitative estimate of drug-likeness (QED) is 0.604. The molecule has 3 aromatic carbocycles. The van der Waals surface area contributed by atoms with Crippen molar-refractivity contribution in [2.45, 2.75) is 39.7 Å². The van der Waals surface area contributed by atoms with Gasteiger partial charge in [-0.3, -0.25) is 9.59 Å². The summed E-state index contributed by atoms with van der Waals surface area (Å²) in [4.78, 5) is 26.2. The molecule has 30 heavy (non-hydrogen) atoms. The number of carbonyl (C=O) groups is 2. The van der Waals surface area contributed by atoms with Gasteiger partial charge in [0.15, 0.2) is 0 Å². The molecule has 0 radical (unpaired) electrons. The van der Waals surface area contributed by atoms with Crippen LogP contribution in [-0.2, 0) is 24.2 Å². The van der Waals surface area contributed by atoms with E-state index < -0.39 is 5.97 Å². The van der Waals surface area contributed by atoms with Crippen molar-refractivity contribution in [1.82, 2.24) is 0 Å². The fourth-order valence-electron chi connectivity index (χ4n) is 4.30. The van der Waals surface area contributed by atoms with Gasteiger partial charge in [-0.1, -0.05) is 49.7 Å². The molecule has 0 atom stereocenters. The van der Waals surface area contributed by atoms with Crippen LogP contribution < -0.4 is 9.64 Å².